The summed E-state index contributed by atoms with van der Waals surface area (Å²) in [5.41, 5.74) is 0. The second kappa shape index (κ2) is 62.5. The molecule has 3 N–H and O–H groups in total. The van der Waals surface area contributed by atoms with Crippen molar-refractivity contribution < 1.29 is 32.9 Å². The zero-order valence-corrected chi connectivity index (χ0v) is 55.5. The molecule has 0 aliphatic carbocycles. The van der Waals surface area contributed by atoms with Gasteiger partial charge < -0.3 is 19.8 Å². The zero-order chi connectivity index (χ0) is 58.4. The molecule has 0 saturated carbocycles. The summed E-state index contributed by atoms with van der Waals surface area (Å²) >= 11 is 0. The number of phosphoric ester groups is 1. The van der Waals surface area contributed by atoms with E-state index in [0.717, 1.165) is 44.9 Å². The van der Waals surface area contributed by atoms with Crippen LogP contribution in [-0.2, 0) is 18.4 Å². The Morgan fingerprint density at radius 1 is 0.425 bits per heavy atom. The van der Waals surface area contributed by atoms with E-state index < -0.39 is 20.0 Å². The first-order valence-corrected chi connectivity index (χ1v) is 37.2. The van der Waals surface area contributed by atoms with Crippen molar-refractivity contribution in [3.63, 3.8) is 0 Å². The van der Waals surface area contributed by atoms with Crippen LogP contribution < -0.4 is 5.32 Å². The number of aliphatic hydroxyl groups is 1. The number of nitrogens with one attached hydrogen (secondary N) is 1. The van der Waals surface area contributed by atoms with Crippen LogP contribution in [0.3, 0.4) is 0 Å². The van der Waals surface area contributed by atoms with Gasteiger partial charge in [0.05, 0.1) is 39.9 Å². The average molecular weight is 1150 g/mol. The summed E-state index contributed by atoms with van der Waals surface area (Å²) < 4.78 is 23.9. The van der Waals surface area contributed by atoms with E-state index in [1.165, 1.54) is 302 Å². The summed E-state index contributed by atoms with van der Waals surface area (Å²) in [6.45, 7) is 4.94. The second-order valence-electron chi connectivity index (χ2n) is 26.0. The van der Waals surface area contributed by atoms with E-state index in [-0.39, 0.29) is 19.1 Å². The molecular formula is C71H142N2O6P+. The molecule has 0 fully saturated rings. The number of unbranched alkanes of at least 4 members (excludes halogenated alkanes) is 50. The Labute approximate surface area is 500 Å². The minimum absolute atomic E-state index is 0.0773. The SMILES string of the molecule is CCCCCCC/C=C\C/C=C\CCCCCCCCCCCCCCCCCCCC(=O)NC(COP(=O)(O)OCC[N+](C)(C)C)C(O)CCCCCCCCCCCCCCCCCCCCCCCCCCCCCCC. The Bertz CT molecular complexity index is 1350. The summed E-state index contributed by atoms with van der Waals surface area (Å²) in [6.07, 6.45) is 81.4. The summed E-state index contributed by atoms with van der Waals surface area (Å²) in [4.78, 5) is 23.5. The Balaban J connectivity index is 4.00. The Kier molecular flexibility index (Phi) is 61.7. The lowest BCUT2D eigenvalue weighted by Gasteiger charge is -2.26. The van der Waals surface area contributed by atoms with Crippen LogP contribution in [0.4, 0.5) is 0 Å². The summed E-state index contributed by atoms with van der Waals surface area (Å²) in [5, 5.41) is 14.2. The number of hydrogen-bond acceptors (Lipinski definition) is 5. The Hall–Kier alpha value is -1.02. The highest BCUT2D eigenvalue weighted by Crippen LogP contribution is 2.43. The monoisotopic (exact) mass is 1150 g/mol. The van der Waals surface area contributed by atoms with Gasteiger partial charge in [0.1, 0.15) is 13.2 Å². The first-order valence-electron chi connectivity index (χ1n) is 35.7. The van der Waals surface area contributed by atoms with Gasteiger partial charge in [-0.25, -0.2) is 4.57 Å². The van der Waals surface area contributed by atoms with Crippen molar-refractivity contribution in [2.45, 2.75) is 386 Å². The van der Waals surface area contributed by atoms with Gasteiger partial charge in [-0.3, -0.25) is 13.8 Å². The van der Waals surface area contributed by atoms with Crippen molar-refractivity contribution in [2.75, 3.05) is 40.9 Å². The summed E-state index contributed by atoms with van der Waals surface area (Å²) in [6, 6.07) is -0.760. The molecule has 476 valence electrons. The highest BCUT2D eigenvalue weighted by molar-refractivity contribution is 7.47. The molecule has 0 aliphatic heterocycles. The third kappa shape index (κ3) is 64.5. The molecule has 0 aromatic carbocycles. The molecular weight excluding hydrogens is 1010 g/mol. The molecule has 3 unspecified atom stereocenters. The zero-order valence-electron chi connectivity index (χ0n) is 54.6. The van der Waals surface area contributed by atoms with Gasteiger partial charge in [-0.15, -0.1) is 0 Å². The van der Waals surface area contributed by atoms with Crippen LogP contribution in [0.2, 0.25) is 0 Å². The number of carbonyl (C=O) groups is 1. The highest BCUT2D eigenvalue weighted by atomic mass is 31.2. The minimum Gasteiger partial charge on any atom is -0.391 e. The number of rotatable bonds is 67. The van der Waals surface area contributed by atoms with E-state index in [1.54, 1.807) is 0 Å². The molecule has 0 heterocycles. The van der Waals surface area contributed by atoms with Gasteiger partial charge in [0.25, 0.3) is 0 Å². The van der Waals surface area contributed by atoms with Crippen molar-refractivity contribution >= 4 is 13.7 Å². The average Bonchev–Trinajstić information content (AvgIpc) is 3.42. The van der Waals surface area contributed by atoms with E-state index in [4.69, 9.17) is 9.05 Å². The van der Waals surface area contributed by atoms with Gasteiger partial charge in [0.2, 0.25) is 5.91 Å². The van der Waals surface area contributed by atoms with Gasteiger partial charge in [-0.05, 0) is 44.9 Å². The van der Waals surface area contributed by atoms with Crippen molar-refractivity contribution in [3.8, 4) is 0 Å². The van der Waals surface area contributed by atoms with Crippen LogP contribution in [0.5, 0.6) is 0 Å². The Morgan fingerprint density at radius 2 is 0.713 bits per heavy atom. The predicted molar refractivity (Wildman–Crippen MR) is 351 cm³/mol. The maximum absolute atomic E-state index is 13.1. The molecule has 0 rings (SSSR count). The number of nitrogens with zero attached hydrogens (tertiary/aromatic N) is 1. The van der Waals surface area contributed by atoms with Gasteiger partial charge in [0.15, 0.2) is 0 Å². The third-order valence-corrected chi connectivity index (χ3v) is 17.7. The number of allylic oxidation sites excluding steroid dienone is 4. The van der Waals surface area contributed by atoms with Gasteiger partial charge in [-0.2, -0.15) is 0 Å². The van der Waals surface area contributed by atoms with E-state index in [0.29, 0.717) is 23.9 Å². The molecule has 8 nitrogen and oxygen atoms in total. The van der Waals surface area contributed by atoms with Crippen LogP contribution in [0.25, 0.3) is 0 Å². The maximum Gasteiger partial charge on any atom is 0.472 e. The van der Waals surface area contributed by atoms with Crippen LogP contribution in [-0.4, -0.2) is 73.4 Å². The van der Waals surface area contributed by atoms with Gasteiger partial charge in [-0.1, -0.05) is 346 Å². The predicted octanol–water partition coefficient (Wildman–Crippen LogP) is 22.7. The fourth-order valence-electron chi connectivity index (χ4n) is 11.1. The molecule has 0 saturated heterocycles. The highest BCUT2D eigenvalue weighted by Gasteiger charge is 2.28. The maximum atomic E-state index is 13.1. The number of phosphoric acid groups is 1. The van der Waals surface area contributed by atoms with E-state index in [9.17, 15) is 19.4 Å². The smallest absolute Gasteiger partial charge is 0.391 e. The van der Waals surface area contributed by atoms with Crippen LogP contribution in [0.1, 0.15) is 373 Å². The fraction of sp³-hybridized carbons (Fsp3) is 0.930. The molecule has 0 aliphatic rings. The molecule has 0 aromatic rings. The summed E-state index contributed by atoms with van der Waals surface area (Å²) in [5.74, 6) is -0.136. The van der Waals surface area contributed by atoms with Crippen molar-refractivity contribution in [1.29, 1.82) is 0 Å². The standard InChI is InChI=1S/C71H141N2O6P/c1-6-8-10-12-14-16-18-20-22-24-26-28-30-32-34-36-38-40-42-44-46-48-50-52-54-56-58-60-62-64-70(74)69(68-79-80(76,77)78-67-66-73(3,4)5)72-71(75)65-63-61-59-57-55-53-51-49-47-45-43-41-39-37-35-33-31-29-27-25-23-21-19-17-15-13-11-9-7-2/h19,21,25,27,69-70,74H,6-18,20,22-24,26,28-68H2,1-5H3,(H-,72,75,76,77)/p+1/b21-19-,27-25-. The van der Waals surface area contributed by atoms with Crippen LogP contribution >= 0.6 is 7.82 Å². The van der Waals surface area contributed by atoms with Gasteiger partial charge in [0, 0.05) is 6.42 Å². The van der Waals surface area contributed by atoms with E-state index >= 15 is 0 Å². The summed E-state index contributed by atoms with van der Waals surface area (Å²) in [7, 11) is 1.64. The number of aliphatic hydroxyl groups excluding tert-OH is 1. The molecule has 0 aromatic heterocycles. The van der Waals surface area contributed by atoms with Crippen molar-refractivity contribution in [1.82, 2.24) is 5.32 Å². The lowest BCUT2D eigenvalue weighted by Crippen LogP contribution is -2.46. The van der Waals surface area contributed by atoms with E-state index in [1.807, 2.05) is 21.1 Å². The molecule has 3 atom stereocenters. The third-order valence-electron chi connectivity index (χ3n) is 16.7. The topological polar surface area (TPSA) is 105 Å². The second-order valence-corrected chi connectivity index (χ2v) is 27.4. The van der Waals surface area contributed by atoms with Crippen LogP contribution in [0.15, 0.2) is 24.3 Å². The molecule has 0 bridgehead atoms. The van der Waals surface area contributed by atoms with Crippen molar-refractivity contribution in [2.24, 2.45) is 0 Å². The number of carbonyl (C=O) groups excluding carboxylic acids is 1. The normalized spacial score (nSPS) is 13.7. The largest absolute Gasteiger partial charge is 0.472 e. The number of likely N-dealkylation sites (N-methyl/N-ethyl adjacent to an activating group) is 1. The first-order chi connectivity index (χ1) is 39.0. The first kappa shape index (κ1) is 79.0. The number of amides is 1. The molecule has 0 radical (unpaired) electrons. The number of quaternary nitrogens is 1. The molecule has 80 heavy (non-hydrogen) atoms. The molecule has 9 heteroatoms. The molecule has 0 spiro atoms. The fourth-order valence-corrected chi connectivity index (χ4v) is 11.9. The minimum atomic E-state index is -4.33. The van der Waals surface area contributed by atoms with Crippen molar-refractivity contribution in [3.05, 3.63) is 24.3 Å². The Morgan fingerprint density at radius 3 is 1.02 bits per heavy atom. The van der Waals surface area contributed by atoms with Gasteiger partial charge >= 0.3 is 7.82 Å². The lowest BCUT2D eigenvalue weighted by molar-refractivity contribution is -0.870. The molecule has 1 amide bonds. The number of hydrogen-bond donors (Lipinski definition) is 3. The lowest BCUT2D eigenvalue weighted by atomic mass is 10.0. The quantitative estimate of drug-likeness (QED) is 0.0243. The van der Waals surface area contributed by atoms with Crippen LogP contribution in [0, 0.1) is 0 Å². The van der Waals surface area contributed by atoms with E-state index in [2.05, 4.69) is 43.5 Å².